The zero-order chi connectivity index (χ0) is 30.4. The summed E-state index contributed by atoms with van der Waals surface area (Å²) in [5.74, 6) is 0. The molecule has 2 aromatic carbocycles. The van der Waals surface area contributed by atoms with Crippen LogP contribution in [0.5, 0.6) is 0 Å². The van der Waals surface area contributed by atoms with E-state index in [9.17, 15) is 0 Å². The molecule has 0 spiro atoms. The van der Waals surface area contributed by atoms with Gasteiger partial charge < -0.3 is 14.4 Å². The SMILES string of the molecule is Cc1ccc(-c2[c-]cccc2)nc1.[2H]C([2H])(c1csc2ccnc(-c3[c-]ccc4c3oc3nc(C)ccc34)c12)C(C)(C)C.[Ir]. The molecular weight excluding hydrogens is 715 g/mol. The van der Waals surface area contributed by atoms with Gasteiger partial charge in [0.2, 0.25) is 5.71 Å². The third-order valence-electron chi connectivity index (χ3n) is 6.57. The molecule has 0 amide bonds. The maximum atomic E-state index is 8.85. The van der Waals surface area contributed by atoms with E-state index in [2.05, 4.69) is 33.2 Å². The minimum absolute atomic E-state index is 0. The first-order chi connectivity index (χ1) is 20.5. The van der Waals surface area contributed by atoms with Crippen LogP contribution in [0.15, 0.2) is 88.9 Å². The van der Waals surface area contributed by atoms with Crippen LogP contribution in [0, 0.1) is 31.4 Å². The number of aromatic nitrogens is 3. The van der Waals surface area contributed by atoms with E-state index < -0.39 is 11.8 Å². The Hall–Kier alpha value is -3.70. The van der Waals surface area contributed by atoms with Crippen molar-refractivity contribution in [2.45, 2.75) is 41.0 Å². The summed E-state index contributed by atoms with van der Waals surface area (Å²) in [5, 5.41) is 4.66. The molecule has 5 heterocycles. The Kier molecular flexibility index (Phi) is 7.93. The predicted molar refractivity (Wildman–Crippen MR) is 170 cm³/mol. The van der Waals surface area contributed by atoms with Crippen LogP contribution >= 0.6 is 11.3 Å². The maximum Gasteiger partial charge on any atom is 0.216 e. The molecule has 6 heteroatoms. The van der Waals surface area contributed by atoms with Gasteiger partial charge in [-0.2, -0.15) is 0 Å². The summed E-state index contributed by atoms with van der Waals surface area (Å²) in [4.78, 5) is 13.5. The van der Waals surface area contributed by atoms with Gasteiger partial charge in [0.15, 0.2) is 0 Å². The molecule has 42 heavy (non-hydrogen) atoms. The first kappa shape index (κ1) is 27.2. The minimum Gasteiger partial charge on any atom is -0.486 e. The number of thiophene rings is 1. The first-order valence-corrected chi connectivity index (χ1v) is 14.4. The molecule has 213 valence electrons. The molecular formula is C36H31IrN3OS-2. The van der Waals surface area contributed by atoms with E-state index in [-0.39, 0.29) is 20.1 Å². The van der Waals surface area contributed by atoms with Gasteiger partial charge in [0.1, 0.15) is 0 Å². The van der Waals surface area contributed by atoms with Crippen molar-refractivity contribution in [3.63, 3.8) is 0 Å². The minimum atomic E-state index is -1.52. The Morgan fingerprint density at radius 2 is 1.79 bits per heavy atom. The van der Waals surface area contributed by atoms with E-state index in [1.165, 1.54) is 5.56 Å². The predicted octanol–water partition coefficient (Wildman–Crippen LogP) is 9.81. The Balaban J connectivity index is 0.000000230. The zero-order valence-electron chi connectivity index (χ0n) is 26.1. The summed E-state index contributed by atoms with van der Waals surface area (Å²) in [6.07, 6.45) is 2.11. The standard InChI is InChI=1S/C24H21N2OS.C12H10N.Ir/c1-14-8-9-17-16-6-5-7-18(22(16)27-23(17)26-14)21-20-15(12-24(2,3)4)13-28-19(20)10-11-25-21;1-10-7-8-12(13-9-10)11-5-3-2-4-6-11;/h5-6,8-11,13H,12H2,1-4H3;2-5,7-9H,1H3;/q2*-1;/i12D2;;. The van der Waals surface area contributed by atoms with Crippen molar-refractivity contribution in [3.05, 3.63) is 113 Å². The second-order valence-corrected chi connectivity index (χ2v) is 12.0. The summed E-state index contributed by atoms with van der Waals surface area (Å²) in [5.41, 5.74) is 6.89. The number of pyridine rings is 3. The Labute approximate surface area is 267 Å². The van der Waals surface area contributed by atoms with E-state index in [1.54, 1.807) is 17.5 Å². The second-order valence-electron chi connectivity index (χ2n) is 11.1. The van der Waals surface area contributed by atoms with Crippen LogP contribution in [0.2, 0.25) is 0 Å². The van der Waals surface area contributed by atoms with Crippen molar-refractivity contribution in [1.82, 2.24) is 15.0 Å². The van der Waals surface area contributed by atoms with E-state index in [0.717, 1.165) is 43.4 Å². The van der Waals surface area contributed by atoms with E-state index >= 15 is 0 Å². The van der Waals surface area contributed by atoms with Crippen molar-refractivity contribution < 1.29 is 27.3 Å². The largest absolute Gasteiger partial charge is 0.486 e. The third kappa shape index (κ3) is 6.22. The summed E-state index contributed by atoms with van der Waals surface area (Å²) < 4.78 is 24.9. The summed E-state index contributed by atoms with van der Waals surface area (Å²) in [6, 6.07) is 28.2. The monoisotopic (exact) mass is 748 g/mol. The summed E-state index contributed by atoms with van der Waals surface area (Å²) in [6.45, 7) is 9.74. The number of fused-ring (bicyclic) bond motifs is 4. The fourth-order valence-corrected chi connectivity index (χ4v) is 5.63. The molecule has 0 saturated carbocycles. The van der Waals surface area contributed by atoms with Crippen LogP contribution in [0.4, 0.5) is 0 Å². The average molecular weight is 748 g/mol. The second kappa shape index (κ2) is 12.3. The van der Waals surface area contributed by atoms with Crippen molar-refractivity contribution >= 4 is 43.5 Å². The van der Waals surface area contributed by atoms with Crippen LogP contribution in [-0.2, 0) is 26.5 Å². The number of furan rings is 1. The molecule has 5 aromatic heterocycles. The molecule has 0 atom stereocenters. The Bertz CT molecular complexity index is 2060. The van der Waals surface area contributed by atoms with Crippen LogP contribution in [-0.4, -0.2) is 15.0 Å². The smallest absolute Gasteiger partial charge is 0.216 e. The Morgan fingerprint density at radius 3 is 2.52 bits per heavy atom. The average Bonchev–Trinajstić information content (AvgIpc) is 3.59. The summed E-state index contributed by atoms with van der Waals surface area (Å²) >= 11 is 1.54. The van der Waals surface area contributed by atoms with Crippen molar-refractivity contribution in [1.29, 1.82) is 0 Å². The van der Waals surface area contributed by atoms with Crippen LogP contribution in [0.1, 0.15) is 40.3 Å². The molecule has 0 aliphatic heterocycles. The van der Waals surface area contributed by atoms with Crippen molar-refractivity contribution in [2.24, 2.45) is 5.41 Å². The number of nitrogens with zero attached hydrogens (tertiary/aromatic N) is 3. The van der Waals surface area contributed by atoms with Gasteiger partial charge >= 0.3 is 0 Å². The third-order valence-corrected chi connectivity index (χ3v) is 7.51. The molecule has 0 saturated heterocycles. The van der Waals surface area contributed by atoms with Crippen molar-refractivity contribution in [3.8, 4) is 22.5 Å². The number of hydrogen-bond donors (Lipinski definition) is 0. The number of aryl methyl sites for hydroxylation is 2. The molecule has 0 fully saturated rings. The topological polar surface area (TPSA) is 51.8 Å². The molecule has 0 unspecified atom stereocenters. The molecule has 0 N–H and O–H groups in total. The molecule has 1 radical (unpaired) electrons. The van der Waals surface area contributed by atoms with Crippen LogP contribution < -0.4 is 0 Å². The molecule has 0 aliphatic rings. The van der Waals surface area contributed by atoms with Gasteiger partial charge in [-0.05, 0) is 71.4 Å². The van der Waals surface area contributed by atoms with Crippen LogP contribution in [0.3, 0.4) is 0 Å². The number of benzene rings is 2. The number of hydrogen-bond acceptors (Lipinski definition) is 5. The van der Waals surface area contributed by atoms with E-state index in [0.29, 0.717) is 22.6 Å². The van der Waals surface area contributed by atoms with Gasteiger partial charge in [0, 0.05) is 56.7 Å². The maximum absolute atomic E-state index is 8.85. The van der Waals surface area contributed by atoms with Gasteiger partial charge in [-0.1, -0.05) is 43.9 Å². The summed E-state index contributed by atoms with van der Waals surface area (Å²) in [7, 11) is 0. The molecule has 4 nitrogen and oxygen atoms in total. The van der Waals surface area contributed by atoms with E-state index in [4.69, 9.17) is 7.16 Å². The molecule has 0 aliphatic carbocycles. The first-order valence-electron chi connectivity index (χ1n) is 14.5. The fourth-order valence-electron chi connectivity index (χ4n) is 4.74. The van der Waals surface area contributed by atoms with Gasteiger partial charge in [0.25, 0.3) is 0 Å². The normalized spacial score (nSPS) is 12.4. The van der Waals surface area contributed by atoms with E-state index in [1.807, 2.05) is 107 Å². The van der Waals surface area contributed by atoms with Crippen molar-refractivity contribution in [2.75, 3.05) is 0 Å². The quantitative estimate of drug-likeness (QED) is 0.169. The van der Waals surface area contributed by atoms with Gasteiger partial charge in [-0.25, -0.2) is 4.98 Å². The zero-order valence-corrected chi connectivity index (χ0v) is 27.3. The number of rotatable bonds is 3. The van der Waals surface area contributed by atoms with Gasteiger partial charge in [-0.3, -0.25) is 0 Å². The van der Waals surface area contributed by atoms with Crippen LogP contribution in [0.25, 0.3) is 54.7 Å². The van der Waals surface area contributed by atoms with Gasteiger partial charge in [0.05, 0.1) is 5.58 Å². The fraction of sp³-hybridized carbons (Fsp3) is 0.194. The molecule has 7 aromatic rings. The Morgan fingerprint density at radius 1 is 0.929 bits per heavy atom. The van der Waals surface area contributed by atoms with Gasteiger partial charge in [-0.15, -0.1) is 65.4 Å². The molecule has 0 bridgehead atoms. The molecule has 7 rings (SSSR count).